The smallest absolute Gasteiger partial charge is 0.300 e. The average Bonchev–Trinajstić information content (AvgIpc) is 2.45. The maximum absolute atomic E-state index is 4.28. The summed E-state index contributed by atoms with van der Waals surface area (Å²) in [5, 5.41) is 0. The normalized spacial score (nSPS) is 11.8. The van der Waals surface area contributed by atoms with Crippen molar-refractivity contribution in [2.45, 2.75) is 20.8 Å². The minimum absolute atomic E-state index is 0. The summed E-state index contributed by atoms with van der Waals surface area (Å²) in [6.45, 7) is 5.98. The topological polar surface area (TPSA) is 24.7 Å². The van der Waals surface area contributed by atoms with Crippen LogP contribution in [-0.2, 0) is 0 Å². The van der Waals surface area contributed by atoms with E-state index in [9.17, 15) is 0 Å². The molecule has 15 heavy (non-hydrogen) atoms. The molecule has 1 aromatic carbocycles. The largest absolute Gasteiger partial charge is 1.00 e. The Morgan fingerprint density at radius 1 is 0.933 bits per heavy atom. The van der Waals surface area contributed by atoms with Gasteiger partial charge in [0.15, 0.2) is 0 Å². The predicted octanol–water partition coefficient (Wildman–Crippen LogP) is 0.729. The number of hydrogen-bond donors (Lipinski definition) is 0. The van der Waals surface area contributed by atoms with Crippen LogP contribution in [-0.4, -0.2) is 12.4 Å². The van der Waals surface area contributed by atoms with Gasteiger partial charge in [-0.1, -0.05) is 26.0 Å². The van der Waals surface area contributed by atoms with Crippen LogP contribution in [0.5, 0.6) is 0 Å². The molecule has 0 aromatic heterocycles. The first-order valence-corrected chi connectivity index (χ1v) is 4.87. The first kappa shape index (κ1) is 15.2. The molecule has 1 aliphatic heterocycles. The molecular weight excluding hydrogens is 258 g/mol. The molecule has 3 heteroatoms. The van der Waals surface area contributed by atoms with E-state index in [1.165, 1.54) is 0 Å². The molecule has 1 aromatic rings. The van der Waals surface area contributed by atoms with Gasteiger partial charge in [-0.3, -0.25) is 15.9 Å². The number of para-hydroxylation sites is 2. The van der Waals surface area contributed by atoms with Crippen molar-refractivity contribution >= 4 is 23.8 Å². The number of hydrogen-bond acceptors (Lipinski definition) is 2. The summed E-state index contributed by atoms with van der Waals surface area (Å²) >= 11 is 0. The third-order valence-electron chi connectivity index (χ3n) is 1.70. The molecule has 0 saturated carbocycles. The summed E-state index contributed by atoms with van der Waals surface area (Å²) < 4.78 is 0. The second-order valence-corrected chi connectivity index (χ2v) is 2.75. The van der Waals surface area contributed by atoms with Crippen LogP contribution >= 0.6 is 0 Å². The minimum Gasteiger partial charge on any atom is -0.300 e. The van der Waals surface area contributed by atoms with Crippen molar-refractivity contribution in [2.75, 3.05) is 0 Å². The molecular formula is C12H15N2Rb. The van der Waals surface area contributed by atoms with Gasteiger partial charge in [0.2, 0.25) is 0 Å². The molecule has 1 aliphatic rings. The molecule has 0 N–H and O–H groups in total. The molecule has 0 bridgehead atoms. The van der Waals surface area contributed by atoms with Crippen LogP contribution < -0.4 is 58.2 Å². The van der Waals surface area contributed by atoms with E-state index in [0.717, 1.165) is 17.3 Å². The van der Waals surface area contributed by atoms with Crippen LogP contribution in [0.2, 0.25) is 0 Å². The van der Waals surface area contributed by atoms with Crippen LogP contribution in [0.25, 0.3) is 0 Å². The summed E-state index contributed by atoms with van der Waals surface area (Å²) in [7, 11) is 0. The van der Waals surface area contributed by atoms with Crippen molar-refractivity contribution in [1.82, 2.24) is 0 Å². The fourth-order valence-electron chi connectivity index (χ4n) is 1.06. The van der Waals surface area contributed by atoms with Gasteiger partial charge in [-0.2, -0.15) is 6.92 Å². The molecule has 74 valence electrons. The van der Waals surface area contributed by atoms with Crippen molar-refractivity contribution < 1.29 is 58.2 Å². The standard InChI is InChI=1S/C10H9N2.C2H6.Rb/c1-8-6-11-9-4-2-3-5-10(9)12-7-8;1-2;/h2-7H,1H3;1-2H3;/q-1;;+1. The summed E-state index contributed by atoms with van der Waals surface area (Å²) in [5.74, 6) is 1.08. The Morgan fingerprint density at radius 2 is 1.33 bits per heavy atom. The minimum atomic E-state index is 0. The van der Waals surface area contributed by atoms with E-state index in [4.69, 9.17) is 0 Å². The Morgan fingerprint density at radius 3 is 1.73 bits per heavy atom. The fourth-order valence-corrected chi connectivity index (χ4v) is 1.06. The molecule has 2 nitrogen and oxygen atoms in total. The van der Waals surface area contributed by atoms with Gasteiger partial charge in [0.1, 0.15) is 0 Å². The SMILES string of the molecule is CC.C[C-]1C=Nc2ccccc2N=C1.[Rb+]. The monoisotopic (exact) mass is 272 g/mol. The summed E-state index contributed by atoms with van der Waals surface area (Å²) in [4.78, 5) is 8.56. The zero-order valence-corrected chi connectivity index (χ0v) is 14.8. The predicted molar refractivity (Wildman–Crippen MR) is 63.0 cm³/mol. The Hall–Kier alpha value is 0.235. The summed E-state index contributed by atoms with van der Waals surface area (Å²) in [5.41, 5.74) is 1.87. The number of benzene rings is 1. The van der Waals surface area contributed by atoms with E-state index in [0.29, 0.717) is 0 Å². The quantitative estimate of drug-likeness (QED) is 0.622. The summed E-state index contributed by atoms with van der Waals surface area (Å²) in [6, 6.07) is 7.85. The van der Waals surface area contributed by atoms with Gasteiger partial charge in [0, 0.05) is 0 Å². The van der Waals surface area contributed by atoms with E-state index < -0.39 is 0 Å². The zero-order chi connectivity index (χ0) is 10.4. The molecule has 0 radical (unpaired) electrons. The van der Waals surface area contributed by atoms with Crippen molar-refractivity contribution in [3.8, 4) is 0 Å². The van der Waals surface area contributed by atoms with Crippen molar-refractivity contribution in [1.29, 1.82) is 0 Å². The molecule has 0 spiro atoms. The molecule has 0 atom stereocenters. The Kier molecular flexibility index (Phi) is 8.53. The van der Waals surface area contributed by atoms with Crippen LogP contribution in [0.15, 0.2) is 34.3 Å². The Balaban J connectivity index is 0.000000617. The van der Waals surface area contributed by atoms with Gasteiger partial charge < -0.3 is 0 Å². The van der Waals surface area contributed by atoms with Gasteiger partial charge in [-0.05, 0) is 12.1 Å². The maximum Gasteiger partial charge on any atom is 1.00 e. The maximum atomic E-state index is 4.28. The van der Waals surface area contributed by atoms with Crippen LogP contribution in [0.3, 0.4) is 0 Å². The number of aliphatic imine (C=N–C) groups is 2. The molecule has 0 fully saturated rings. The first-order chi connectivity index (χ1) is 6.86. The third kappa shape index (κ3) is 4.73. The summed E-state index contributed by atoms with van der Waals surface area (Å²) in [6.07, 6.45) is 3.66. The van der Waals surface area contributed by atoms with Crippen molar-refractivity contribution in [3.63, 3.8) is 0 Å². The molecule has 0 unspecified atom stereocenters. The molecule has 0 aliphatic carbocycles. The molecule has 2 rings (SSSR count). The van der Waals surface area contributed by atoms with E-state index in [2.05, 4.69) is 9.98 Å². The number of nitrogens with zero attached hydrogens (tertiary/aromatic N) is 2. The third-order valence-corrected chi connectivity index (χ3v) is 1.70. The molecule has 0 saturated heterocycles. The van der Waals surface area contributed by atoms with Crippen molar-refractivity contribution in [3.05, 3.63) is 30.2 Å². The van der Waals surface area contributed by atoms with E-state index >= 15 is 0 Å². The Labute approximate surface area is 141 Å². The molecule has 0 amide bonds. The fraction of sp³-hybridized carbons (Fsp3) is 0.250. The van der Waals surface area contributed by atoms with E-state index in [1.807, 2.05) is 57.5 Å². The number of rotatable bonds is 0. The molecule has 1 heterocycles. The number of fused-ring (bicyclic) bond motifs is 1. The van der Waals surface area contributed by atoms with Gasteiger partial charge in [-0.25, -0.2) is 0 Å². The van der Waals surface area contributed by atoms with Gasteiger partial charge in [-0.15, -0.1) is 12.4 Å². The van der Waals surface area contributed by atoms with Gasteiger partial charge in [0.05, 0.1) is 11.4 Å². The van der Waals surface area contributed by atoms with E-state index in [-0.39, 0.29) is 58.2 Å². The van der Waals surface area contributed by atoms with Crippen LogP contribution in [0, 0.1) is 5.92 Å². The Bertz CT molecular complexity index is 312. The second kappa shape index (κ2) is 8.39. The van der Waals surface area contributed by atoms with Gasteiger partial charge >= 0.3 is 58.2 Å². The van der Waals surface area contributed by atoms with Gasteiger partial charge in [0.25, 0.3) is 0 Å². The van der Waals surface area contributed by atoms with E-state index in [1.54, 1.807) is 0 Å². The zero-order valence-electron chi connectivity index (χ0n) is 9.86. The van der Waals surface area contributed by atoms with Crippen LogP contribution in [0.1, 0.15) is 20.8 Å². The van der Waals surface area contributed by atoms with Crippen LogP contribution in [0.4, 0.5) is 11.4 Å². The average molecular weight is 273 g/mol. The van der Waals surface area contributed by atoms with Crippen molar-refractivity contribution in [2.24, 2.45) is 9.98 Å². The second-order valence-electron chi connectivity index (χ2n) is 2.75. The first-order valence-electron chi connectivity index (χ1n) is 4.87.